The number of hydrogen-bond donors (Lipinski definition) is 2. The SMILES string of the molecule is CC(C)C(=O)N1N=C(c2cc(F)ccc2F)SC1(CCN(C)C(=N)N)c1ccccc1. The molecule has 3 rings (SSSR count). The number of hydrazone groups is 1. The standard InChI is InChI=1S/C22H25F2N5OS/c1-14(2)20(30)29-22(11-12-28(3)21(25)26,15-7-5-4-6-8-15)31-19(27-29)17-13-16(23)9-10-18(17)24/h4-10,13-14H,11-12H2,1-3H3,(H3,25,26). The number of halogens is 2. The molecule has 1 heterocycles. The second-order valence-corrected chi connectivity index (χ2v) is 8.91. The van der Waals surface area contributed by atoms with Gasteiger partial charge in [-0.15, -0.1) is 0 Å². The molecule has 1 unspecified atom stereocenters. The van der Waals surface area contributed by atoms with Crippen molar-refractivity contribution in [2.24, 2.45) is 16.8 Å². The molecule has 2 aromatic rings. The second-order valence-electron chi connectivity index (χ2n) is 7.64. The van der Waals surface area contributed by atoms with Gasteiger partial charge >= 0.3 is 0 Å². The number of carbonyl (C=O) groups excluding carboxylic acids is 1. The lowest BCUT2D eigenvalue weighted by molar-refractivity contribution is -0.138. The van der Waals surface area contributed by atoms with Crippen molar-refractivity contribution >= 4 is 28.7 Å². The molecule has 1 aliphatic heterocycles. The Hall–Kier alpha value is -2.94. The van der Waals surface area contributed by atoms with E-state index in [0.29, 0.717) is 13.0 Å². The molecule has 0 saturated carbocycles. The number of nitrogens with one attached hydrogen (secondary N) is 1. The number of guanidine groups is 1. The number of nitrogens with two attached hydrogens (primary N) is 1. The largest absolute Gasteiger partial charge is 0.370 e. The average Bonchev–Trinajstić information content (AvgIpc) is 3.14. The summed E-state index contributed by atoms with van der Waals surface area (Å²) >= 11 is 1.21. The number of benzene rings is 2. The molecule has 0 aromatic heterocycles. The average molecular weight is 446 g/mol. The van der Waals surface area contributed by atoms with E-state index < -0.39 is 16.5 Å². The maximum Gasteiger partial charge on any atom is 0.246 e. The minimum absolute atomic E-state index is 0.00397. The van der Waals surface area contributed by atoms with E-state index in [9.17, 15) is 13.6 Å². The Morgan fingerprint density at radius 1 is 1.26 bits per heavy atom. The van der Waals surface area contributed by atoms with Crippen LogP contribution in [-0.2, 0) is 9.67 Å². The van der Waals surface area contributed by atoms with Crippen molar-refractivity contribution in [3.8, 4) is 0 Å². The monoisotopic (exact) mass is 445 g/mol. The number of thioether (sulfide) groups is 1. The Bertz CT molecular complexity index is 1010. The zero-order chi connectivity index (χ0) is 22.8. The van der Waals surface area contributed by atoms with Gasteiger partial charge in [0.25, 0.3) is 0 Å². The van der Waals surface area contributed by atoms with Crippen molar-refractivity contribution in [2.75, 3.05) is 13.6 Å². The quantitative estimate of drug-likeness (QED) is 0.521. The topological polar surface area (TPSA) is 85.8 Å². The van der Waals surface area contributed by atoms with E-state index in [-0.39, 0.29) is 28.4 Å². The fourth-order valence-electron chi connectivity index (χ4n) is 3.26. The van der Waals surface area contributed by atoms with E-state index >= 15 is 0 Å². The summed E-state index contributed by atoms with van der Waals surface area (Å²) in [6.07, 6.45) is 0.361. The van der Waals surface area contributed by atoms with Crippen LogP contribution in [0.4, 0.5) is 8.78 Å². The molecule has 1 aliphatic rings. The molecule has 6 nitrogen and oxygen atoms in total. The summed E-state index contributed by atoms with van der Waals surface area (Å²) in [4.78, 5) is 13.8. The van der Waals surface area contributed by atoms with Gasteiger partial charge in [-0.3, -0.25) is 10.2 Å². The minimum atomic E-state index is -1.000. The Balaban J connectivity index is 2.14. The first-order chi connectivity index (χ1) is 14.7. The molecule has 164 valence electrons. The van der Waals surface area contributed by atoms with Crippen LogP contribution in [0, 0.1) is 23.0 Å². The summed E-state index contributed by atoms with van der Waals surface area (Å²) in [6.45, 7) is 3.88. The van der Waals surface area contributed by atoms with Crippen LogP contribution < -0.4 is 5.73 Å². The van der Waals surface area contributed by atoms with Gasteiger partial charge < -0.3 is 10.6 Å². The Labute approximate surface area is 184 Å². The first-order valence-electron chi connectivity index (χ1n) is 9.83. The van der Waals surface area contributed by atoms with Gasteiger partial charge in [0, 0.05) is 31.5 Å². The van der Waals surface area contributed by atoms with Gasteiger partial charge in [-0.05, 0) is 23.8 Å². The Morgan fingerprint density at radius 3 is 2.55 bits per heavy atom. The molecule has 1 amide bonds. The molecule has 3 N–H and O–H groups in total. The van der Waals surface area contributed by atoms with Crippen LogP contribution in [0.15, 0.2) is 53.6 Å². The van der Waals surface area contributed by atoms with Crippen LogP contribution in [0.3, 0.4) is 0 Å². The number of hydrogen-bond acceptors (Lipinski definition) is 4. The summed E-state index contributed by atoms with van der Waals surface area (Å²) < 4.78 is 28.5. The highest BCUT2D eigenvalue weighted by atomic mass is 32.2. The molecule has 9 heteroatoms. The van der Waals surface area contributed by atoms with Crippen molar-refractivity contribution in [1.82, 2.24) is 9.91 Å². The second kappa shape index (κ2) is 9.05. The number of rotatable bonds is 6. The molecule has 0 aliphatic carbocycles. The number of nitrogens with zero attached hydrogens (tertiary/aromatic N) is 3. The summed E-state index contributed by atoms with van der Waals surface area (Å²) in [5.74, 6) is -1.92. The van der Waals surface area contributed by atoms with Gasteiger partial charge in [-0.2, -0.15) is 5.10 Å². The van der Waals surface area contributed by atoms with E-state index in [0.717, 1.165) is 23.8 Å². The fourth-order valence-corrected chi connectivity index (χ4v) is 4.63. The summed E-state index contributed by atoms with van der Waals surface area (Å²) in [5, 5.41) is 13.8. The van der Waals surface area contributed by atoms with Crippen molar-refractivity contribution < 1.29 is 13.6 Å². The highest BCUT2D eigenvalue weighted by Gasteiger charge is 2.49. The van der Waals surface area contributed by atoms with Gasteiger partial charge in [0.1, 0.15) is 21.5 Å². The Kier molecular flexibility index (Phi) is 6.64. The van der Waals surface area contributed by atoms with Gasteiger partial charge in [0.05, 0.1) is 0 Å². The Morgan fingerprint density at radius 2 is 1.94 bits per heavy atom. The smallest absolute Gasteiger partial charge is 0.246 e. The van der Waals surface area contributed by atoms with Crippen molar-refractivity contribution in [2.45, 2.75) is 25.1 Å². The van der Waals surface area contributed by atoms with Gasteiger partial charge in [0.2, 0.25) is 5.91 Å². The van der Waals surface area contributed by atoms with Crippen LogP contribution in [-0.4, -0.2) is 40.4 Å². The molecule has 2 aromatic carbocycles. The van der Waals surface area contributed by atoms with Crippen LogP contribution in [0.2, 0.25) is 0 Å². The van der Waals surface area contributed by atoms with E-state index in [1.165, 1.54) is 16.8 Å². The van der Waals surface area contributed by atoms with Crippen molar-refractivity contribution in [1.29, 1.82) is 5.41 Å². The molecule has 0 bridgehead atoms. The molecule has 0 fully saturated rings. The number of amides is 1. The summed E-state index contributed by atoms with van der Waals surface area (Å²) in [5.41, 5.74) is 6.40. The predicted octanol–water partition coefficient (Wildman–Crippen LogP) is 3.93. The molecular weight excluding hydrogens is 420 g/mol. The zero-order valence-electron chi connectivity index (χ0n) is 17.6. The molecule has 0 saturated heterocycles. The highest BCUT2D eigenvalue weighted by molar-refractivity contribution is 8.15. The van der Waals surface area contributed by atoms with Gasteiger partial charge in [-0.25, -0.2) is 13.8 Å². The molecule has 1 atom stereocenters. The molecule has 31 heavy (non-hydrogen) atoms. The van der Waals surface area contributed by atoms with Crippen LogP contribution >= 0.6 is 11.8 Å². The van der Waals surface area contributed by atoms with Crippen LogP contribution in [0.1, 0.15) is 31.4 Å². The zero-order valence-corrected chi connectivity index (χ0v) is 18.4. The molecular formula is C22H25F2N5OS. The third-order valence-corrected chi connectivity index (χ3v) is 6.53. The summed E-state index contributed by atoms with van der Waals surface area (Å²) in [7, 11) is 1.68. The number of carbonyl (C=O) groups is 1. The lowest BCUT2D eigenvalue weighted by Gasteiger charge is -2.37. The maximum absolute atomic E-state index is 14.6. The van der Waals surface area contributed by atoms with E-state index in [2.05, 4.69) is 5.10 Å². The molecule has 0 radical (unpaired) electrons. The van der Waals surface area contributed by atoms with Crippen molar-refractivity contribution in [3.63, 3.8) is 0 Å². The predicted molar refractivity (Wildman–Crippen MR) is 119 cm³/mol. The lowest BCUT2D eigenvalue weighted by Crippen LogP contribution is -2.46. The van der Waals surface area contributed by atoms with E-state index in [4.69, 9.17) is 11.1 Å². The normalized spacial score (nSPS) is 18.3. The minimum Gasteiger partial charge on any atom is -0.370 e. The molecule has 0 spiro atoms. The van der Waals surface area contributed by atoms with Crippen LogP contribution in [0.5, 0.6) is 0 Å². The highest BCUT2D eigenvalue weighted by Crippen LogP contribution is 2.50. The first-order valence-corrected chi connectivity index (χ1v) is 10.6. The van der Waals surface area contributed by atoms with Crippen LogP contribution in [0.25, 0.3) is 0 Å². The van der Waals surface area contributed by atoms with E-state index in [1.807, 2.05) is 30.3 Å². The summed E-state index contributed by atoms with van der Waals surface area (Å²) in [6, 6.07) is 12.5. The van der Waals surface area contributed by atoms with Gasteiger partial charge in [0.15, 0.2) is 5.96 Å². The lowest BCUT2D eigenvalue weighted by atomic mass is 10.0. The van der Waals surface area contributed by atoms with E-state index in [1.54, 1.807) is 25.8 Å². The first kappa shape index (κ1) is 22.7. The third kappa shape index (κ3) is 4.56. The maximum atomic E-state index is 14.6. The third-order valence-electron chi connectivity index (χ3n) is 5.08. The van der Waals surface area contributed by atoms with Crippen molar-refractivity contribution in [3.05, 3.63) is 71.3 Å². The fraction of sp³-hybridized carbons (Fsp3) is 0.318. The van der Waals surface area contributed by atoms with Gasteiger partial charge in [-0.1, -0.05) is 55.9 Å².